The summed E-state index contributed by atoms with van der Waals surface area (Å²) in [5, 5.41) is 3.50. The van der Waals surface area contributed by atoms with E-state index in [1.165, 1.54) is 4.31 Å². The van der Waals surface area contributed by atoms with E-state index in [4.69, 9.17) is 32.7 Å². The fourth-order valence-electron chi connectivity index (χ4n) is 2.72. The van der Waals surface area contributed by atoms with Crippen LogP contribution < -0.4 is 19.1 Å². The van der Waals surface area contributed by atoms with Crippen molar-refractivity contribution in [2.75, 3.05) is 29.2 Å². The fourth-order valence-corrected chi connectivity index (χ4v) is 4.01. The van der Waals surface area contributed by atoms with Gasteiger partial charge in [0.1, 0.15) is 0 Å². The Hall–Kier alpha value is -2.16. The first kappa shape index (κ1) is 20.6. The van der Waals surface area contributed by atoms with Gasteiger partial charge in [-0.15, -0.1) is 0 Å². The molecule has 10 heteroatoms. The van der Waals surface area contributed by atoms with Gasteiger partial charge in [-0.05, 0) is 36.8 Å². The minimum Gasteiger partial charge on any atom is -0.454 e. The van der Waals surface area contributed by atoms with Crippen molar-refractivity contribution in [2.45, 2.75) is 12.8 Å². The van der Waals surface area contributed by atoms with E-state index in [-0.39, 0.29) is 25.7 Å². The molecule has 0 aromatic heterocycles. The standard InChI is InChI=1S/C18H18Cl2N2O5S/c1-28(24,25)22(13-5-7-16-17(10-13)27-11-26-16)8-2-3-18(23)21-15-9-12(19)4-6-14(15)20/h4-7,9-10H,2-3,8,11H2,1H3,(H,21,23). The summed E-state index contributed by atoms with van der Waals surface area (Å²) in [6.45, 7) is 0.235. The van der Waals surface area contributed by atoms with E-state index in [2.05, 4.69) is 5.32 Å². The number of halogens is 2. The van der Waals surface area contributed by atoms with Crippen LogP contribution >= 0.6 is 23.2 Å². The van der Waals surface area contributed by atoms with Gasteiger partial charge in [-0.3, -0.25) is 9.10 Å². The van der Waals surface area contributed by atoms with Crippen LogP contribution in [0.4, 0.5) is 11.4 Å². The van der Waals surface area contributed by atoms with Crippen molar-refractivity contribution in [1.29, 1.82) is 0 Å². The largest absolute Gasteiger partial charge is 0.454 e. The Morgan fingerprint density at radius 1 is 1.14 bits per heavy atom. The van der Waals surface area contributed by atoms with Crippen LogP contribution in [0.25, 0.3) is 0 Å². The van der Waals surface area contributed by atoms with Crippen LogP contribution in [-0.4, -0.2) is 33.9 Å². The van der Waals surface area contributed by atoms with E-state index >= 15 is 0 Å². The molecule has 1 aliphatic heterocycles. The molecule has 0 unspecified atom stereocenters. The summed E-state index contributed by atoms with van der Waals surface area (Å²) < 4.78 is 36.2. The molecule has 0 atom stereocenters. The second-order valence-electron chi connectivity index (χ2n) is 6.15. The molecule has 0 aliphatic carbocycles. The van der Waals surface area contributed by atoms with Crippen LogP contribution in [0.1, 0.15) is 12.8 Å². The zero-order chi connectivity index (χ0) is 20.3. The Morgan fingerprint density at radius 3 is 2.64 bits per heavy atom. The molecular formula is C18H18Cl2N2O5S. The lowest BCUT2D eigenvalue weighted by Crippen LogP contribution is -2.31. The highest BCUT2D eigenvalue weighted by molar-refractivity contribution is 7.92. The molecule has 7 nitrogen and oxygen atoms in total. The summed E-state index contributed by atoms with van der Waals surface area (Å²) in [6.07, 6.45) is 1.54. The third-order valence-electron chi connectivity index (χ3n) is 4.01. The summed E-state index contributed by atoms with van der Waals surface area (Å²) in [5.74, 6) is 0.762. The predicted octanol–water partition coefficient (Wildman–Crippen LogP) is 3.91. The molecule has 0 saturated heterocycles. The van der Waals surface area contributed by atoms with E-state index in [9.17, 15) is 13.2 Å². The molecule has 3 rings (SSSR count). The number of carbonyl (C=O) groups excluding carboxylic acids is 1. The average molecular weight is 445 g/mol. The van der Waals surface area contributed by atoms with Gasteiger partial charge in [0.05, 0.1) is 22.7 Å². The summed E-state index contributed by atoms with van der Waals surface area (Å²) in [4.78, 5) is 12.2. The minimum atomic E-state index is -3.54. The Morgan fingerprint density at radius 2 is 1.89 bits per heavy atom. The topological polar surface area (TPSA) is 84.9 Å². The Kier molecular flexibility index (Phi) is 6.22. The van der Waals surface area contributed by atoms with Crippen molar-refractivity contribution in [2.24, 2.45) is 0 Å². The van der Waals surface area contributed by atoms with Crippen molar-refractivity contribution in [3.05, 3.63) is 46.4 Å². The number of nitrogens with one attached hydrogen (secondary N) is 1. The van der Waals surface area contributed by atoms with E-state index in [0.29, 0.717) is 39.3 Å². The molecule has 1 heterocycles. The van der Waals surface area contributed by atoms with Gasteiger partial charge in [0.25, 0.3) is 0 Å². The lowest BCUT2D eigenvalue weighted by Gasteiger charge is -2.22. The summed E-state index contributed by atoms with van der Waals surface area (Å²) in [5.41, 5.74) is 0.861. The Bertz CT molecular complexity index is 997. The monoisotopic (exact) mass is 444 g/mol. The van der Waals surface area contributed by atoms with Crippen LogP contribution in [-0.2, 0) is 14.8 Å². The highest BCUT2D eigenvalue weighted by Crippen LogP contribution is 2.36. The molecule has 1 amide bonds. The lowest BCUT2D eigenvalue weighted by molar-refractivity contribution is -0.116. The van der Waals surface area contributed by atoms with Gasteiger partial charge >= 0.3 is 0 Å². The second kappa shape index (κ2) is 8.46. The lowest BCUT2D eigenvalue weighted by atomic mass is 10.2. The predicted molar refractivity (Wildman–Crippen MR) is 109 cm³/mol. The Labute approximate surface area is 173 Å². The SMILES string of the molecule is CS(=O)(=O)N(CCCC(=O)Nc1cc(Cl)ccc1Cl)c1ccc2c(c1)OCO2. The number of rotatable bonds is 7. The highest BCUT2D eigenvalue weighted by Gasteiger charge is 2.21. The quantitative estimate of drug-likeness (QED) is 0.699. The van der Waals surface area contributed by atoms with Gasteiger partial charge in [-0.25, -0.2) is 8.42 Å². The van der Waals surface area contributed by atoms with Gasteiger partial charge in [-0.2, -0.15) is 0 Å². The fraction of sp³-hybridized carbons (Fsp3) is 0.278. The molecule has 1 N–H and O–H groups in total. The molecule has 28 heavy (non-hydrogen) atoms. The normalized spacial score (nSPS) is 12.7. The second-order valence-corrected chi connectivity index (χ2v) is 8.90. The van der Waals surface area contributed by atoms with Crippen LogP contribution in [0.3, 0.4) is 0 Å². The molecule has 0 radical (unpaired) electrons. The number of benzene rings is 2. The number of anilines is 2. The highest BCUT2D eigenvalue weighted by atomic mass is 35.5. The minimum absolute atomic E-state index is 0.101. The number of hydrogen-bond acceptors (Lipinski definition) is 5. The summed E-state index contributed by atoms with van der Waals surface area (Å²) in [7, 11) is -3.54. The number of ether oxygens (including phenoxy) is 2. The molecular weight excluding hydrogens is 427 g/mol. The van der Waals surface area contributed by atoms with E-state index in [0.717, 1.165) is 6.26 Å². The van der Waals surface area contributed by atoms with E-state index in [1.807, 2.05) is 0 Å². The van der Waals surface area contributed by atoms with Crippen LogP contribution in [0, 0.1) is 0 Å². The van der Waals surface area contributed by atoms with Gasteiger partial charge in [-0.1, -0.05) is 23.2 Å². The van der Waals surface area contributed by atoms with Gasteiger partial charge in [0.2, 0.25) is 22.7 Å². The number of hydrogen-bond donors (Lipinski definition) is 1. The first-order valence-corrected chi connectivity index (χ1v) is 11.0. The first-order valence-electron chi connectivity index (χ1n) is 8.36. The third-order valence-corrected chi connectivity index (χ3v) is 5.77. The number of fused-ring (bicyclic) bond motifs is 1. The number of carbonyl (C=O) groups is 1. The smallest absolute Gasteiger partial charge is 0.232 e. The first-order chi connectivity index (χ1) is 13.2. The van der Waals surface area contributed by atoms with E-state index in [1.54, 1.807) is 36.4 Å². The third kappa shape index (κ3) is 5.01. The molecule has 0 spiro atoms. The maximum Gasteiger partial charge on any atom is 0.232 e. The number of nitrogens with zero attached hydrogens (tertiary/aromatic N) is 1. The molecule has 2 aromatic rings. The van der Waals surface area contributed by atoms with Gasteiger partial charge in [0.15, 0.2) is 11.5 Å². The Balaban J connectivity index is 1.63. The van der Waals surface area contributed by atoms with E-state index < -0.39 is 10.0 Å². The molecule has 0 bridgehead atoms. The zero-order valence-corrected chi connectivity index (χ0v) is 17.3. The van der Waals surface area contributed by atoms with Crippen molar-refractivity contribution >= 4 is 50.5 Å². The number of sulfonamides is 1. The van der Waals surface area contributed by atoms with Crippen LogP contribution in [0.15, 0.2) is 36.4 Å². The summed E-state index contributed by atoms with van der Waals surface area (Å²) >= 11 is 11.9. The maximum absolute atomic E-state index is 12.2. The van der Waals surface area contributed by atoms with Crippen molar-refractivity contribution in [1.82, 2.24) is 0 Å². The maximum atomic E-state index is 12.2. The van der Waals surface area contributed by atoms with Gasteiger partial charge < -0.3 is 14.8 Å². The van der Waals surface area contributed by atoms with Gasteiger partial charge in [0, 0.05) is 24.1 Å². The molecule has 0 saturated carbocycles. The van der Waals surface area contributed by atoms with Crippen molar-refractivity contribution in [3.8, 4) is 11.5 Å². The van der Waals surface area contributed by atoms with Crippen LogP contribution in [0.2, 0.25) is 10.0 Å². The molecule has 150 valence electrons. The molecule has 1 aliphatic rings. The number of amides is 1. The van der Waals surface area contributed by atoms with Crippen LogP contribution in [0.5, 0.6) is 11.5 Å². The molecule has 2 aromatic carbocycles. The van der Waals surface area contributed by atoms with Crippen molar-refractivity contribution < 1.29 is 22.7 Å². The zero-order valence-electron chi connectivity index (χ0n) is 14.9. The summed E-state index contributed by atoms with van der Waals surface area (Å²) in [6, 6.07) is 9.66. The van der Waals surface area contributed by atoms with Crippen molar-refractivity contribution in [3.63, 3.8) is 0 Å². The molecule has 0 fully saturated rings. The average Bonchev–Trinajstić information content (AvgIpc) is 3.08.